The van der Waals surface area contributed by atoms with Gasteiger partial charge >= 0.3 is 0 Å². The number of piperidine rings is 2. The highest BCUT2D eigenvalue weighted by Gasteiger charge is 2.24. The Morgan fingerprint density at radius 3 is 1.82 bits per heavy atom. The second-order valence-electron chi connectivity index (χ2n) is 11.8. The molecule has 0 aliphatic carbocycles. The molecule has 5 rings (SSSR count). The first-order valence-electron chi connectivity index (χ1n) is 15.8. The second kappa shape index (κ2) is 16.0. The smallest absolute Gasteiger partial charge is 0.119 e. The Morgan fingerprint density at radius 2 is 1.23 bits per heavy atom. The molecule has 4 nitrogen and oxygen atoms in total. The molecule has 40 heavy (non-hydrogen) atoms. The van der Waals surface area contributed by atoms with Crippen LogP contribution in [0.1, 0.15) is 55.2 Å². The van der Waals surface area contributed by atoms with Crippen LogP contribution in [0.5, 0.6) is 5.75 Å². The van der Waals surface area contributed by atoms with Gasteiger partial charge in [0.2, 0.25) is 0 Å². The highest BCUT2D eigenvalue weighted by atomic mass is 16.5. The molecule has 3 aromatic carbocycles. The first-order valence-corrected chi connectivity index (χ1v) is 15.8. The van der Waals surface area contributed by atoms with Gasteiger partial charge < -0.3 is 9.64 Å². The van der Waals surface area contributed by atoms with E-state index < -0.39 is 0 Å². The number of ether oxygens (including phenoxy) is 1. The molecule has 0 spiro atoms. The van der Waals surface area contributed by atoms with E-state index in [0.29, 0.717) is 6.04 Å². The third-order valence-corrected chi connectivity index (χ3v) is 8.80. The molecule has 2 saturated heterocycles. The van der Waals surface area contributed by atoms with Crippen LogP contribution in [0, 0.1) is 0 Å². The van der Waals surface area contributed by atoms with E-state index in [2.05, 4.69) is 99.6 Å². The molecule has 0 bridgehead atoms. The van der Waals surface area contributed by atoms with Crippen LogP contribution in [0.15, 0.2) is 84.9 Å². The summed E-state index contributed by atoms with van der Waals surface area (Å²) in [7, 11) is 0. The lowest BCUT2D eigenvalue weighted by molar-refractivity contribution is 0.106. The Hall–Kier alpha value is -2.66. The molecule has 0 radical (unpaired) electrons. The van der Waals surface area contributed by atoms with Crippen LogP contribution in [0.4, 0.5) is 0 Å². The van der Waals surface area contributed by atoms with Gasteiger partial charge in [-0.25, -0.2) is 0 Å². The Bertz CT molecular complexity index is 1030. The molecule has 2 aliphatic rings. The van der Waals surface area contributed by atoms with Crippen LogP contribution in [-0.2, 0) is 19.4 Å². The number of benzene rings is 3. The minimum atomic E-state index is 0.671. The monoisotopic (exact) mass is 539 g/mol. The molecule has 2 heterocycles. The summed E-state index contributed by atoms with van der Waals surface area (Å²) >= 11 is 0. The fraction of sp³-hybridized carbons (Fsp3) is 0.500. The maximum atomic E-state index is 6.05. The predicted molar refractivity (Wildman–Crippen MR) is 167 cm³/mol. The summed E-state index contributed by atoms with van der Waals surface area (Å²) in [5.74, 6) is 1.01. The first kappa shape index (κ1) is 28.9. The summed E-state index contributed by atoms with van der Waals surface area (Å²) in [6, 6.07) is 31.5. The van der Waals surface area contributed by atoms with E-state index >= 15 is 0 Å². The van der Waals surface area contributed by atoms with Crippen molar-refractivity contribution in [2.45, 2.75) is 64.0 Å². The Kier molecular flexibility index (Phi) is 11.5. The summed E-state index contributed by atoms with van der Waals surface area (Å²) in [6.45, 7) is 10.2. The summed E-state index contributed by atoms with van der Waals surface area (Å²) in [5.41, 5.74) is 4.28. The molecule has 214 valence electrons. The quantitative estimate of drug-likeness (QED) is 0.212. The van der Waals surface area contributed by atoms with Crippen LogP contribution < -0.4 is 4.74 Å². The fourth-order valence-electron chi connectivity index (χ4n) is 6.36. The van der Waals surface area contributed by atoms with Crippen molar-refractivity contribution in [3.8, 4) is 5.75 Å². The maximum absolute atomic E-state index is 6.05. The zero-order valence-corrected chi connectivity index (χ0v) is 24.4. The zero-order chi connectivity index (χ0) is 27.2. The molecule has 4 heteroatoms. The zero-order valence-electron chi connectivity index (χ0n) is 24.4. The number of nitrogens with zero attached hydrogens (tertiary/aromatic N) is 3. The summed E-state index contributed by atoms with van der Waals surface area (Å²) < 4.78 is 6.05. The van der Waals surface area contributed by atoms with Gasteiger partial charge in [0.1, 0.15) is 5.75 Å². The Balaban J connectivity index is 1.05. The Labute approximate surface area is 242 Å². The van der Waals surface area contributed by atoms with Crippen molar-refractivity contribution in [2.24, 2.45) is 0 Å². The average molecular weight is 540 g/mol. The van der Waals surface area contributed by atoms with Crippen molar-refractivity contribution in [1.82, 2.24) is 14.7 Å². The molecule has 0 unspecified atom stereocenters. The van der Waals surface area contributed by atoms with E-state index in [0.717, 1.165) is 51.3 Å². The predicted octanol–water partition coefficient (Wildman–Crippen LogP) is 6.69. The van der Waals surface area contributed by atoms with Crippen LogP contribution in [0.25, 0.3) is 0 Å². The standard InChI is InChI=1S/C36H49N3O/c1-4-11-32(12-5-1)19-28-39(29-20-33-13-6-2-7-14-33)35-21-26-38(27-22-35)31-34-15-17-36(18-16-34)40-30-10-25-37-23-8-3-9-24-37/h1-2,4-7,11-18,35H,3,8-10,19-31H2. The van der Waals surface area contributed by atoms with Crippen LogP contribution in [0.2, 0.25) is 0 Å². The number of hydrogen-bond donors (Lipinski definition) is 0. The van der Waals surface area contributed by atoms with E-state index in [1.54, 1.807) is 0 Å². The number of likely N-dealkylation sites (tertiary alicyclic amines) is 2. The normalized spacial score (nSPS) is 17.3. The second-order valence-corrected chi connectivity index (χ2v) is 11.8. The molecule has 0 saturated carbocycles. The third kappa shape index (κ3) is 9.47. The van der Waals surface area contributed by atoms with Crippen molar-refractivity contribution in [2.75, 3.05) is 52.4 Å². The van der Waals surface area contributed by atoms with Gasteiger partial charge in [-0.05, 0) is 99.9 Å². The van der Waals surface area contributed by atoms with E-state index in [9.17, 15) is 0 Å². The van der Waals surface area contributed by atoms with Crippen molar-refractivity contribution >= 4 is 0 Å². The van der Waals surface area contributed by atoms with Gasteiger partial charge in [-0.15, -0.1) is 0 Å². The van der Waals surface area contributed by atoms with Crippen molar-refractivity contribution in [3.05, 3.63) is 102 Å². The van der Waals surface area contributed by atoms with Crippen LogP contribution in [-0.4, -0.2) is 73.2 Å². The Morgan fingerprint density at radius 1 is 0.625 bits per heavy atom. The van der Waals surface area contributed by atoms with Crippen molar-refractivity contribution < 1.29 is 4.74 Å². The molecular formula is C36H49N3O. The highest BCUT2D eigenvalue weighted by molar-refractivity contribution is 5.27. The van der Waals surface area contributed by atoms with E-state index in [4.69, 9.17) is 4.74 Å². The lowest BCUT2D eigenvalue weighted by Crippen LogP contribution is -2.46. The van der Waals surface area contributed by atoms with Crippen LogP contribution >= 0.6 is 0 Å². The van der Waals surface area contributed by atoms with Crippen molar-refractivity contribution in [1.29, 1.82) is 0 Å². The summed E-state index contributed by atoms with van der Waals surface area (Å²) in [6.07, 6.45) is 10.00. The fourth-order valence-corrected chi connectivity index (χ4v) is 6.36. The number of rotatable bonds is 14. The SMILES string of the molecule is c1ccc(CCN(CCc2ccccc2)C2CCN(Cc3ccc(OCCCN4CCCCC4)cc3)CC2)cc1. The molecule has 0 aromatic heterocycles. The van der Waals surface area contributed by atoms with E-state index in [1.165, 1.54) is 81.5 Å². The first-order chi connectivity index (χ1) is 19.8. The topological polar surface area (TPSA) is 19.0 Å². The van der Waals surface area contributed by atoms with Gasteiger partial charge in [0.15, 0.2) is 0 Å². The summed E-state index contributed by atoms with van der Waals surface area (Å²) in [5, 5.41) is 0. The van der Waals surface area contributed by atoms with Crippen molar-refractivity contribution in [3.63, 3.8) is 0 Å². The molecule has 0 N–H and O–H groups in total. The van der Waals surface area contributed by atoms with E-state index in [1.807, 2.05) is 0 Å². The minimum Gasteiger partial charge on any atom is -0.494 e. The van der Waals surface area contributed by atoms with E-state index in [-0.39, 0.29) is 0 Å². The van der Waals surface area contributed by atoms with Gasteiger partial charge in [0.05, 0.1) is 6.61 Å². The maximum Gasteiger partial charge on any atom is 0.119 e. The third-order valence-electron chi connectivity index (χ3n) is 8.80. The summed E-state index contributed by atoms with van der Waals surface area (Å²) in [4.78, 5) is 8.00. The average Bonchev–Trinajstić information content (AvgIpc) is 3.02. The van der Waals surface area contributed by atoms with Gasteiger partial charge in [0, 0.05) is 32.2 Å². The van der Waals surface area contributed by atoms with Crippen LogP contribution in [0.3, 0.4) is 0 Å². The number of hydrogen-bond acceptors (Lipinski definition) is 4. The lowest BCUT2D eigenvalue weighted by Gasteiger charge is -2.39. The van der Waals surface area contributed by atoms with Gasteiger partial charge in [-0.1, -0.05) is 79.2 Å². The molecule has 2 aliphatic heterocycles. The lowest BCUT2D eigenvalue weighted by atomic mass is 10.0. The van der Waals surface area contributed by atoms with Gasteiger partial charge in [-0.3, -0.25) is 9.80 Å². The molecule has 0 atom stereocenters. The molecule has 0 amide bonds. The van der Waals surface area contributed by atoms with Gasteiger partial charge in [0.25, 0.3) is 0 Å². The highest BCUT2D eigenvalue weighted by Crippen LogP contribution is 2.21. The molecule has 3 aromatic rings. The molecule has 2 fully saturated rings. The largest absolute Gasteiger partial charge is 0.494 e. The molecular weight excluding hydrogens is 490 g/mol. The van der Waals surface area contributed by atoms with Gasteiger partial charge in [-0.2, -0.15) is 0 Å². The minimum absolute atomic E-state index is 0.671.